The smallest absolute Gasteiger partial charge is 0.272 e. The van der Waals surface area contributed by atoms with Gasteiger partial charge in [-0.25, -0.2) is 0 Å². The van der Waals surface area contributed by atoms with Crippen molar-refractivity contribution >= 4 is 11.6 Å². The number of hydrogen-bond donors (Lipinski definition) is 2. The van der Waals surface area contributed by atoms with E-state index >= 15 is 0 Å². The van der Waals surface area contributed by atoms with Gasteiger partial charge in [0.1, 0.15) is 5.69 Å². The number of nitrogens with zero attached hydrogens (tertiary/aromatic N) is 1. The van der Waals surface area contributed by atoms with E-state index < -0.39 is 6.10 Å². The second-order valence-electron chi connectivity index (χ2n) is 5.60. The van der Waals surface area contributed by atoms with Gasteiger partial charge in [0.2, 0.25) is 0 Å². The number of para-hydroxylation sites is 1. The zero-order valence-corrected chi connectivity index (χ0v) is 12.1. The normalized spacial score (nSPS) is 16.3. The third kappa shape index (κ3) is 2.72. The van der Waals surface area contributed by atoms with E-state index in [0.29, 0.717) is 17.4 Å². The van der Waals surface area contributed by atoms with E-state index in [0.717, 1.165) is 18.4 Å². The Morgan fingerprint density at radius 1 is 1.29 bits per heavy atom. The Kier molecular flexibility index (Phi) is 3.80. The molecule has 2 aromatic rings. The molecule has 1 amide bonds. The Bertz CT molecular complexity index is 642. The fraction of sp³-hybridized carbons (Fsp3) is 0.353. The topological polar surface area (TPSA) is 54.3 Å². The molecule has 1 aromatic carbocycles. The van der Waals surface area contributed by atoms with Crippen molar-refractivity contribution in [2.45, 2.75) is 38.3 Å². The number of aliphatic hydroxyl groups excluding tert-OH is 1. The standard InChI is InChI=1S/C17H20N2O2/c1-12(20)14-8-2-3-9-15(14)18-17(21)16-10-5-11-19(16)13-6-4-7-13/h2-3,5,8-13,20H,4,6-7H2,1H3,(H,18,21). The first kappa shape index (κ1) is 13.9. The lowest BCUT2D eigenvalue weighted by atomic mass is 9.93. The van der Waals surface area contributed by atoms with Crippen LogP contribution in [0.4, 0.5) is 5.69 Å². The highest BCUT2D eigenvalue weighted by atomic mass is 16.3. The molecule has 0 aliphatic heterocycles. The molecule has 1 fully saturated rings. The maximum atomic E-state index is 12.5. The summed E-state index contributed by atoms with van der Waals surface area (Å²) in [4.78, 5) is 12.5. The van der Waals surface area contributed by atoms with Crippen LogP contribution in [0, 0.1) is 0 Å². The average Bonchev–Trinajstić information content (AvgIpc) is 2.86. The van der Waals surface area contributed by atoms with Gasteiger partial charge in [0, 0.05) is 23.5 Å². The zero-order chi connectivity index (χ0) is 14.8. The van der Waals surface area contributed by atoms with Gasteiger partial charge in [-0.15, -0.1) is 0 Å². The number of rotatable bonds is 4. The Labute approximate surface area is 124 Å². The maximum absolute atomic E-state index is 12.5. The molecule has 0 spiro atoms. The number of aliphatic hydroxyl groups is 1. The number of anilines is 1. The summed E-state index contributed by atoms with van der Waals surface area (Å²) in [6.07, 6.45) is 4.87. The van der Waals surface area contributed by atoms with E-state index in [1.54, 1.807) is 6.92 Å². The summed E-state index contributed by atoms with van der Waals surface area (Å²) in [5.74, 6) is -0.125. The molecular weight excluding hydrogens is 264 g/mol. The van der Waals surface area contributed by atoms with E-state index in [2.05, 4.69) is 9.88 Å². The molecule has 21 heavy (non-hydrogen) atoms. The summed E-state index contributed by atoms with van der Waals surface area (Å²) in [6.45, 7) is 1.70. The monoisotopic (exact) mass is 284 g/mol. The van der Waals surface area contributed by atoms with Crippen LogP contribution in [0.15, 0.2) is 42.6 Å². The number of benzene rings is 1. The third-order valence-electron chi connectivity index (χ3n) is 4.14. The summed E-state index contributed by atoms with van der Waals surface area (Å²) >= 11 is 0. The lowest BCUT2D eigenvalue weighted by molar-refractivity contribution is 0.101. The van der Waals surface area contributed by atoms with Crippen molar-refractivity contribution in [1.29, 1.82) is 0 Å². The van der Waals surface area contributed by atoms with E-state index in [9.17, 15) is 9.90 Å². The number of amides is 1. The molecule has 4 nitrogen and oxygen atoms in total. The number of nitrogens with one attached hydrogen (secondary N) is 1. The average molecular weight is 284 g/mol. The molecule has 1 aliphatic carbocycles. The van der Waals surface area contributed by atoms with Crippen LogP contribution in [-0.4, -0.2) is 15.6 Å². The van der Waals surface area contributed by atoms with Gasteiger partial charge >= 0.3 is 0 Å². The fourth-order valence-electron chi connectivity index (χ4n) is 2.73. The first-order chi connectivity index (χ1) is 10.2. The van der Waals surface area contributed by atoms with Crippen LogP contribution >= 0.6 is 0 Å². The van der Waals surface area contributed by atoms with Crippen LogP contribution in [-0.2, 0) is 0 Å². The fourth-order valence-corrected chi connectivity index (χ4v) is 2.73. The highest BCUT2D eigenvalue weighted by Crippen LogP contribution is 2.33. The summed E-state index contributed by atoms with van der Waals surface area (Å²) < 4.78 is 2.06. The van der Waals surface area contributed by atoms with Gasteiger partial charge in [-0.1, -0.05) is 18.2 Å². The summed E-state index contributed by atoms with van der Waals surface area (Å²) in [5.41, 5.74) is 2.08. The van der Waals surface area contributed by atoms with Crippen molar-refractivity contribution in [1.82, 2.24) is 4.57 Å². The summed E-state index contributed by atoms with van der Waals surface area (Å²) in [5, 5.41) is 12.7. The first-order valence-corrected chi connectivity index (χ1v) is 7.42. The minimum absolute atomic E-state index is 0.125. The van der Waals surface area contributed by atoms with E-state index in [-0.39, 0.29) is 5.91 Å². The molecule has 1 unspecified atom stereocenters. The first-order valence-electron chi connectivity index (χ1n) is 7.42. The van der Waals surface area contributed by atoms with Crippen LogP contribution in [0.5, 0.6) is 0 Å². The van der Waals surface area contributed by atoms with E-state index in [4.69, 9.17) is 0 Å². The molecule has 0 radical (unpaired) electrons. The molecule has 0 bridgehead atoms. The van der Waals surface area contributed by atoms with Gasteiger partial charge in [-0.2, -0.15) is 0 Å². The third-order valence-corrected chi connectivity index (χ3v) is 4.14. The molecule has 110 valence electrons. The van der Waals surface area contributed by atoms with Gasteiger partial charge in [0.05, 0.1) is 6.10 Å². The van der Waals surface area contributed by atoms with Gasteiger partial charge < -0.3 is 15.0 Å². The van der Waals surface area contributed by atoms with Crippen LogP contribution in [0.1, 0.15) is 54.4 Å². The van der Waals surface area contributed by atoms with Crippen LogP contribution < -0.4 is 5.32 Å². The van der Waals surface area contributed by atoms with Gasteiger partial charge in [0.25, 0.3) is 5.91 Å². The second-order valence-corrected chi connectivity index (χ2v) is 5.60. The molecule has 3 rings (SSSR count). The van der Waals surface area contributed by atoms with Gasteiger partial charge in [0.15, 0.2) is 0 Å². The lowest BCUT2D eigenvalue weighted by Gasteiger charge is -2.28. The number of carbonyl (C=O) groups is 1. The SMILES string of the molecule is CC(O)c1ccccc1NC(=O)c1cccn1C1CCC1. The van der Waals surface area contributed by atoms with E-state index in [1.165, 1.54) is 6.42 Å². The predicted octanol–water partition coefficient (Wildman–Crippen LogP) is 3.52. The molecular formula is C17H20N2O2. The number of aromatic nitrogens is 1. The molecule has 1 saturated carbocycles. The van der Waals surface area contributed by atoms with Crippen molar-refractivity contribution in [3.8, 4) is 0 Å². The minimum atomic E-state index is -0.611. The van der Waals surface area contributed by atoms with Crippen molar-refractivity contribution < 1.29 is 9.90 Å². The molecule has 1 atom stereocenters. The molecule has 2 N–H and O–H groups in total. The summed E-state index contributed by atoms with van der Waals surface area (Å²) in [6, 6.07) is 11.6. The second kappa shape index (κ2) is 5.74. The Balaban J connectivity index is 1.82. The Hall–Kier alpha value is -2.07. The molecule has 1 aliphatic rings. The molecule has 4 heteroatoms. The number of carbonyl (C=O) groups excluding carboxylic acids is 1. The van der Waals surface area contributed by atoms with Gasteiger partial charge in [-0.05, 0) is 44.4 Å². The Morgan fingerprint density at radius 3 is 2.71 bits per heavy atom. The number of hydrogen-bond acceptors (Lipinski definition) is 2. The van der Waals surface area contributed by atoms with E-state index in [1.807, 2.05) is 42.6 Å². The largest absolute Gasteiger partial charge is 0.389 e. The molecule has 1 aromatic heterocycles. The predicted molar refractivity (Wildman–Crippen MR) is 82.3 cm³/mol. The highest BCUT2D eigenvalue weighted by molar-refractivity contribution is 6.03. The van der Waals surface area contributed by atoms with Crippen LogP contribution in [0.25, 0.3) is 0 Å². The molecule has 0 saturated heterocycles. The van der Waals surface area contributed by atoms with Crippen molar-refractivity contribution in [2.75, 3.05) is 5.32 Å². The van der Waals surface area contributed by atoms with Crippen LogP contribution in [0.3, 0.4) is 0 Å². The quantitative estimate of drug-likeness (QED) is 0.902. The summed E-state index contributed by atoms with van der Waals surface area (Å²) in [7, 11) is 0. The minimum Gasteiger partial charge on any atom is -0.389 e. The van der Waals surface area contributed by atoms with Gasteiger partial charge in [-0.3, -0.25) is 4.79 Å². The van der Waals surface area contributed by atoms with Crippen molar-refractivity contribution in [3.05, 3.63) is 53.9 Å². The van der Waals surface area contributed by atoms with Crippen molar-refractivity contribution in [3.63, 3.8) is 0 Å². The molecule has 1 heterocycles. The lowest BCUT2D eigenvalue weighted by Crippen LogP contribution is -2.23. The zero-order valence-electron chi connectivity index (χ0n) is 12.1. The Morgan fingerprint density at radius 2 is 2.05 bits per heavy atom. The van der Waals surface area contributed by atoms with Crippen LogP contribution in [0.2, 0.25) is 0 Å². The highest BCUT2D eigenvalue weighted by Gasteiger charge is 2.23. The van der Waals surface area contributed by atoms with Crippen molar-refractivity contribution in [2.24, 2.45) is 0 Å². The maximum Gasteiger partial charge on any atom is 0.272 e.